The van der Waals surface area contributed by atoms with Crippen molar-refractivity contribution in [1.82, 2.24) is 5.32 Å². The van der Waals surface area contributed by atoms with Gasteiger partial charge in [-0.3, -0.25) is 9.59 Å². The standard InChI is InChI=1S/C74H143NO5/c1-3-5-7-9-11-13-15-17-19-35-38-42-46-50-54-58-62-66-72(77)71(70-76)75-73(78)67-63-59-55-51-47-43-39-36-33-31-29-27-25-23-21-22-24-26-28-30-32-34-37-41-45-49-53-57-61-65-69-80-74(79)68-64-60-56-52-48-44-40-20-18-16-14-12-10-8-6-4-2/h20,40,62,66,71-72,76-77H,3-19,21-39,41-61,63-65,67-70H2,1-2H3,(H,75,78)/b40-20-,66-62+. The molecule has 0 heterocycles. The molecule has 1 amide bonds. The van der Waals surface area contributed by atoms with Crippen molar-refractivity contribution in [1.29, 1.82) is 0 Å². The van der Waals surface area contributed by atoms with Crippen LogP contribution in [0.4, 0.5) is 0 Å². The molecule has 0 aromatic rings. The first-order valence-corrected chi connectivity index (χ1v) is 36.6. The summed E-state index contributed by atoms with van der Waals surface area (Å²) >= 11 is 0. The Hall–Kier alpha value is -1.66. The normalized spacial score (nSPS) is 12.6. The van der Waals surface area contributed by atoms with Crippen molar-refractivity contribution < 1.29 is 24.5 Å². The summed E-state index contributed by atoms with van der Waals surface area (Å²) in [6, 6.07) is -0.625. The highest BCUT2D eigenvalue weighted by molar-refractivity contribution is 5.76. The fourth-order valence-electron chi connectivity index (χ4n) is 11.6. The van der Waals surface area contributed by atoms with Gasteiger partial charge in [-0.1, -0.05) is 366 Å². The molecule has 0 fully saturated rings. The summed E-state index contributed by atoms with van der Waals surface area (Å²) in [7, 11) is 0. The molecule has 80 heavy (non-hydrogen) atoms. The van der Waals surface area contributed by atoms with Crippen LogP contribution in [0.1, 0.15) is 412 Å². The number of unbranched alkanes of at least 4 members (excludes halogenated alkanes) is 56. The van der Waals surface area contributed by atoms with E-state index in [1.54, 1.807) is 6.08 Å². The predicted molar refractivity (Wildman–Crippen MR) is 352 cm³/mol. The van der Waals surface area contributed by atoms with E-state index in [1.165, 1.54) is 340 Å². The number of aliphatic hydroxyl groups excluding tert-OH is 2. The second-order valence-electron chi connectivity index (χ2n) is 25.3. The molecular weight excluding hydrogens is 983 g/mol. The Morgan fingerprint density at radius 3 is 0.887 bits per heavy atom. The van der Waals surface area contributed by atoms with Gasteiger partial charge in [0.2, 0.25) is 5.91 Å². The number of esters is 1. The number of amides is 1. The minimum absolute atomic E-state index is 0.0131. The van der Waals surface area contributed by atoms with E-state index in [-0.39, 0.29) is 18.5 Å². The molecular formula is C74H143NO5. The first-order valence-electron chi connectivity index (χ1n) is 36.6. The van der Waals surface area contributed by atoms with Gasteiger partial charge in [-0.15, -0.1) is 0 Å². The highest BCUT2D eigenvalue weighted by Gasteiger charge is 2.18. The lowest BCUT2D eigenvalue weighted by molar-refractivity contribution is -0.143. The van der Waals surface area contributed by atoms with Crippen LogP contribution < -0.4 is 5.32 Å². The molecule has 0 aliphatic heterocycles. The van der Waals surface area contributed by atoms with Gasteiger partial charge in [0.25, 0.3) is 0 Å². The Morgan fingerprint density at radius 1 is 0.338 bits per heavy atom. The van der Waals surface area contributed by atoms with Crippen molar-refractivity contribution in [3.05, 3.63) is 24.3 Å². The minimum atomic E-state index is -0.842. The van der Waals surface area contributed by atoms with E-state index in [4.69, 9.17) is 4.74 Å². The Morgan fingerprint density at radius 2 is 0.588 bits per heavy atom. The predicted octanol–water partition coefficient (Wildman–Crippen LogP) is 23.7. The lowest BCUT2D eigenvalue weighted by Gasteiger charge is -2.20. The molecule has 0 rings (SSSR count). The first-order chi connectivity index (χ1) is 39.5. The zero-order valence-corrected chi connectivity index (χ0v) is 54.3. The van der Waals surface area contributed by atoms with E-state index in [1.807, 2.05) is 6.08 Å². The van der Waals surface area contributed by atoms with E-state index in [9.17, 15) is 19.8 Å². The lowest BCUT2D eigenvalue weighted by atomic mass is 10.0. The van der Waals surface area contributed by atoms with E-state index in [0.717, 1.165) is 44.9 Å². The third kappa shape index (κ3) is 65.5. The van der Waals surface area contributed by atoms with Crippen molar-refractivity contribution in [2.24, 2.45) is 0 Å². The SMILES string of the molecule is CCCCCCCCC/C=C\CCCCCCCC(=O)OCCCCCCCCCCCCCCCCCCCCCCCCCCCCCCCCC(=O)NC(CO)C(O)/C=C/CCCCCCCCCCCCCCCCC. The van der Waals surface area contributed by atoms with Crippen LogP contribution in [-0.2, 0) is 14.3 Å². The molecule has 474 valence electrons. The quantitative estimate of drug-likeness (QED) is 0.0320. The second-order valence-corrected chi connectivity index (χ2v) is 25.3. The van der Waals surface area contributed by atoms with Gasteiger partial charge in [0.1, 0.15) is 0 Å². The molecule has 2 atom stereocenters. The monoisotopic (exact) mass is 1130 g/mol. The molecule has 0 aromatic heterocycles. The molecule has 0 aromatic carbocycles. The molecule has 0 radical (unpaired) electrons. The fraction of sp³-hybridized carbons (Fsp3) is 0.919. The van der Waals surface area contributed by atoms with Crippen LogP contribution in [0.3, 0.4) is 0 Å². The van der Waals surface area contributed by atoms with Crippen molar-refractivity contribution >= 4 is 11.9 Å². The van der Waals surface area contributed by atoms with Gasteiger partial charge >= 0.3 is 5.97 Å². The average Bonchev–Trinajstić information content (AvgIpc) is 3.46. The third-order valence-electron chi connectivity index (χ3n) is 17.2. The molecule has 2 unspecified atom stereocenters. The van der Waals surface area contributed by atoms with Crippen LogP contribution in [-0.4, -0.2) is 47.4 Å². The summed E-state index contributed by atoms with van der Waals surface area (Å²) in [6.45, 7) is 4.94. The maximum atomic E-state index is 12.5. The number of nitrogens with one attached hydrogen (secondary N) is 1. The number of allylic oxidation sites excluding steroid dienone is 3. The highest BCUT2D eigenvalue weighted by Crippen LogP contribution is 2.19. The molecule has 6 heteroatoms. The van der Waals surface area contributed by atoms with Crippen molar-refractivity contribution in [2.45, 2.75) is 424 Å². The zero-order chi connectivity index (χ0) is 57.8. The number of hydrogen-bond donors (Lipinski definition) is 3. The topological polar surface area (TPSA) is 95.9 Å². The van der Waals surface area contributed by atoms with E-state index < -0.39 is 12.1 Å². The number of hydrogen-bond acceptors (Lipinski definition) is 5. The first kappa shape index (κ1) is 78.3. The van der Waals surface area contributed by atoms with Crippen LogP contribution in [0.15, 0.2) is 24.3 Å². The van der Waals surface area contributed by atoms with E-state index >= 15 is 0 Å². The number of rotatable bonds is 69. The molecule has 0 spiro atoms. The van der Waals surface area contributed by atoms with Crippen LogP contribution in [0.5, 0.6) is 0 Å². The Bertz CT molecular complexity index is 1250. The summed E-state index contributed by atoms with van der Waals surface area (Å²) in [4.78, 5) is 24.6. The maximum absolute atomic E-state index is 12.5. The summed E-state index contributed by atoms with van der Waals surface area (Å²) in [5.41, 5.74) is 0. The van der Waals surface area contributed by atoms with Gasteiger partial charge in [0, 0.05) is 12.8 Å². The molecule has 0 bridgehead atoms. The summed E-state index contributed by atoms with van der Waals surface area (Å²) < 4.78 is 5.50. The Kier molecular flexibility index (Phi) is 68.4. The van der Waals surface area contributed by atoms with Gasteiger partial charge in [-0.2, -0.15) is 0 Å². The van der Waals surface area contributed by atoms with Crippen molar-refractivity contribution in [2.75, 3.05) is 13.2 Å². The summed E-state index contributed by atoms with van der Waals surface area (Å²) in [6.07, 6.45) is 88.4. The second kappa shape index (κ2) is 69.8. The van der Waals surface area contributed by atoms with E-state index in [2.05, 4.69) is 31.3 Å². The number of aliphatic hydroxyl groups is 2. The lowest BCUT2D eigenvalue weighted by Crippen LogP contribution is -2.45. The van der Waals surface area contributed by atoms with Gasteiger partial charge < -0.3 is 20.3 Å². The average molecular weight is 1130 g/mol. The Balaban J connectivity index is 3.34. The smallest absolute Gasteiger partial charge is 0.305 e. The number of carbonyl (C=O) groups excluding carboxylic acids is 2. The number of ether oxygens (including phenoxy) is 1. The molecule has 0 saturated heterocycles. The van der Waals surface area contributed by atoms with Crippen LogP contribution >= 0.6 is 0 Å². The summed E-state index contributed by atoms with van der Waals surface area (Å²) in [5, 5.41) is 23.2. The van der Waals surface area contributed by atoms with Gasteiger partial charge in [-0.05, 0) is 57.8 Å². The zero-order valence-electron chi connectivity index (χ0n) is 54.3. The number of carbonyl (C=O) groups is 2. The van der Waals surface area contributed by atoms with Gasteiger partial charge in [0.15, 0.2) is 0 Å². The third-order valence-corrected chi connectivity index (χ3v) is 17.2. The van der Waals surface area contributed by atoms with E-state index in [0.29, 0.717) is 19.4 Å². The minimum Gasteiger partial charge on any atom is -0.466 e. The Labute approximate surface area is 501 Å². The molecule has 0 saturated carbocycles. The molecule has 0 aliphatic rings. The van der Waals surface area contributed by atoms with Gasteiger partial charge in [0.05, 0.1) is 25.4 Å². The van der Waals surface area contributed by atoms with Crippen LogP contribution in [0, 0.1) is 0 Å². The molecule has 3 N–H and O–H groups in total. The molecule has 6 nitrogen and oxygen atoms in total. The largest absolute Gasteiger partial charge is 0.466 e. The fourth-order valence-corrected chi connectivity index (χ4v) is 11.6. The van der Waals surface area contributed by atoms with Crippen molar-refractivity contribution in [3.8, 4) is 0 Å². The van der Waals surface area contributed by atoms with Crippen LogP contribution in [0.25, 0.3) is 0 Å². The summed E-state index contributed by atoms with van der Waals surface area (Å²) in [5.74, 6) is -0.0476. The van der Waals surface area contributed by atoms with Crippen LogP contribution in [0.2, 0.25) is 0 Å². The van der Waals surface area contributed by atoms with Crippen molar-refractivity contribution in [3.63, 3.8) is 0 Å². The highest BCUT2D eigenvalue weighted by atomic mass is 16.5. The van der Waals surface area contributed by atoms with Gasteiger partial charge in [-0.25, -0.2) is 0 Å². The maximum Gasteiger partial charge on any atom is 0.305 e. The molecule has 0 aliphatic carbocycles.